The number of hydrogen-bond donors (Lipinski definition) is 1. The van der Waals surface area contributed by atoms with Gasteiger partial charge in [0.15, 0.2) is 0 Å². The van der Waals surface area contributed by atoms with Gasteiger partial charge in [0.2, 0.25) is 0 Å². The number of carbonyl (C=O) groups is 2. The van der Waals surface area contributed by atoms with Gasteiger partial charge in [0.05, 0.1) is 0 Å². The third kappa shape index (κ3) is 7.31. The molecule has 0 heterocycles. The lowest BCUT2D eigenvalue weighted by atomic mass is 10.2. The number of aldehydes is 1. The summed E-state index contributed by atoms with van der Waals surface area (Å²) in [5, 5.41) is 2.41. The normalized spacial score (nSPS) is 16.8. The Kier molecular flexibility index (Phi) is 3.73. The number of alkyl carbamates (subject to hydrolysis) is 1. The van der Waals surface area contributed by atoms with Gasteiger partial charge in [-0.2, -0.15) is 0 Å². The molecule has 0 saturated carbocycles. The molecule has 0 aliphatic heterocycles. The molecule has 0 saturated heterocycles. The number of rotatable bonds is 3. The average molecular weight is 188 g/mol. The summed E-state index contributed by atoms with van der Waals surface area (Å²) < 4.78 is 12.2. The van der Waals surface area contributed by atoms with E-state index in [9.17, 15) is 9.59 Å². The number of amides is 1. The highest BCUT2D eigenvalue weighted by atomic mass is 16.6. The highest BCUT2D eigenvalue weighted by Crippen LogP contribution is 2.06. The molecule has 0 aliphatic rings. The van der Waals surface area contributed by atoms with Crippen LogP contribution in [0.25, 0.3) is 0 Å². The molecule has 0 aromatic rings. The van der Waals surface area contributed by atoms with Gasteiger partial charge in [0, 0.05) is 13.8 Å². The minimum atomic E-state index is -0.956. The van der Waals surface area contributed by atoms with Crippen molar-refractivity contribution in [3.05, 3.63) is 0 Å². The van der Waals surface area contributed by atoms with E-state index in [1.807, 2.05) is 0 Å². The Labute approximate surface area is 80.1 Å². The van der Waals surface area contributed by atoms with Crippen LogP contribution in [0.2, 0.25) is 0 Å². The topological polar surface area (TPSA) is 55.4 Å². The van der Waals surface area contributed by atoms with E-state index in [2.05, 4.69) is 5.32 Å². The highest BCUT2D eigenvalue weighted by Gasteiger charge is 2.17. The number of hydrogen-bond acceptors (Lipinski definition) is 3. The van der Waals surface area contributed by atoms with Gasteiger partial charge in [-0.05, 0) is 27.7 Å². The van der Waals surface area contributed by atoms with Gasteiger partial charge in [-0.25, -0.2) is 4.79 Å². The molecule has 0 bridgehead atoms. The quantitative estimate of drug-likeness (QED) is 0.683. The van der Waals surface area contributed by atoms with Crippen LogP contribution in [0, 0.1) is 0 Å². The molecule has 0 aliphatic carbocycles. The molecule has 76 valence electrons. The molecule has 1 N–H and O–H groups in total. The summed E-state index contributed by atoms with van der Waals surface area (Å²) in [7, 11) is 0. The Morgan fingerprint density at radius 3 is 2.62 bits per heavy atom. The predicted octanol–water partition coefficient (Wildman–Crippen LogP) is 1.49. The summed E-state index contributed by atoms with van der Waals surface area (Å²) in [5.41, 5.74) is -0.567. The lowest BCUT2D eigenvalue weighted by molar-refractivity contribution is -0.108. The minimum absolute atomic E-state index is 0.474. The smallest absolute Gasteiger partial charge is 0.407 e. The lowest BCUT2D eigenvalue weighted by Crippen LogP contribution is -2.37. The summed E-state index contributed by atoms with van der Waals surface area (Å²) in [6, 6.07) is -0.539. The molecule has 1 amide bonds. The first-order valence-electron chi connectivity index (χ1n) is 4.71. The third-order valence-corrected chi connectivity index (χ3v) is 1.11. The molecule has 0 rings (SSSR count). The molecule has 13 heavy (non-hydrogen) atoms. The number of carbonyl (C=O) groups excluding carboxylic acids is 2. The van der Waals surface area contributed by atoms with Crippen molar-refractivity contribution in [1.29, 1.82) is 0 Å². The maximum atomic E-state index is 11.2. The van der Waals surface area contributed by atoms with Crippen LogP contribution in [-0.4, -0.2) is 24.0 Å². The van der Waals surface area contributed by atoms with E-state index in [0.29, 0.717) is 6.29 Å². The van der Waals surface area contributed by atoms with E-state index >= 15 is 0 Å². The second-order valence-corrected chi connectivity index (χ2v) is 3.76. The van der Waals surface area contributed by atoms with E-state index in [1.54, 1.807) is 27.7 Å². The summed E-state index contributed by atoms with van der Waals surface area (Å²) in [6.07, 6.45) is -1.09. The molecule has 0 unspecified atom stereocenters. The van der Waals surface area contributed by atoms with E-state index in [-0.39, 0.29) is 0 Å². The molecule has 0 aromatic carbocycles. The van der Waals surface area contributed by atoms with Crippen molar-refractivity contribution in [2.24, 2.45) is 0 Å². The van der Waals surface area contributed by atoms with Crippen molar-refractivity contribution in [2.45, 2.75) is 45.7 Å². The second-order valence-electron chi connectivity index (χ2n) is 3.76. The van der Waals surface area contributed by atoms with E-state index in [1.165, 1.54) is 0 Å². The summed E-state index contributed by atoms with van der Waals surface area (Å²) in [5.74, 6) is 0. The average Bonchev–Trinajstić information content (AvgIpc) is 1.99. The summed E-state index contributed by atoms with van der Waals surface area (Å²) in [4.78, 5) is 21.4. The fraction of sp³-hybridized carbons (Fsp3) is 0.778. The molecule has 2 atom stereocenters. The van der Waals surface area contributed by atoms with Crippen LogP contribution in [-0.2, 0) is 9.53 Å². The number of ether oxygens (including phenoxy) is 1. The fourth-order valence-corrected chi connectivity index (χ4v) is 0.659. The van der Waals surface area contributed by atoms with Crippen molar-refractivity contribution in [3.63, 3.8) is 0 Å². The first kappa shape index (κ1) is 10.0. The van der Waals surface area contributed by atoms with Crippen LogP contribution in [0.4, 0.5) is 4.79 Å². The van der Waals surface area contributed by atoms with Crippen LogP contribution in [0.1, 0.15) is 35.5 Å². The molecular formula is C9H17NO3. The zero-order valence-electron chi connectivity index (χ0n) is 9.46. The van der Waals surface area contributed by atoms with Crippen LogP contribution in [0.5, 0.6) is 0 Å². The first-order chi connectivity index (χ1) is 6.26. The molecule has 4 heteroatoms. The monoisotopic (exact) mass is 188 g/mol. The van der Waals surface area contributed by atoms with E-state index in [4.69, 9.17) is 6.11 Å². The van der Waals surface area contributed by atoms with Gasteiger partial charge in [0.25, 0.3) is 0 Å². The minimum Gasteiger partial charge on any atom is -0.444 e. The standard InChI is InChI=1S/C9H17NO3/c1-7(5-6-11)10-8(12)13-9(2,3)4/h6-7H,5H2,1-4H3,(H,10,12)/t7-/m1/s1/i5D/t5-,7-. The molecule has 0 spiro atoms. The first-order valence-corrected chi connectivity index (χ1v) is 4.13. The highest BCUT2D eigenvalue weighted by molar-refractivity contribution is 5.68. The molecule has 0 radical (unpaired) electrons. The van der Waals surface area contributed by atoms with Gasteiger partial charge >= 0.3 is 6.09 Å². The lowest BCUT2D eigenvalue weighted by Gasteiger charge is -2.21. The van der Waals surface area contributed by atoms with Crippen LogP contribution in [0.3, 0.4) is 0 Å². The van der Waals surface area contributed by atoms with Gasteiger partial charge in [-0.3, -0.25) is 0 Å². The fourth-order valence-electron chi connectivity index (χ4n) is 0.659. The third-order valence-electron chi connectivity index (χ3n) is 1.11. The summed E-state index contributed by atoms with van der Waals surface area (Å²) >= 11 is 0. The maximum absolute atomic E-state index is 11.2. The Bertz CT molecular complexity index is 213. The zero-order valence-corrected chi connectivity index (χ0v) is 8.46. The Balaban J connectivity index is 4.01. The van der Waals surface area contributed by atoms with Crippen LogP contribution in [0.15, 0.2) is 0 Å². The van der Waals surface area contributed by atoms with Crippen molar-refractivity contribution in [2.75, 3.05) is 0 Å². The molecular weight excluding hydrogens is 170 g/mol. The second kappa shape index (κ2) is 4.84. The van der Waals surface area contributed by atoms with E-state index < -0.39 is 24.1 Å². The Morgan fingerprint density at radius 2 is 2.23 bits per heavy atom. The van der Waals surface area contributed by atoms with Gasteiger partial charge in [0.1, 0.15) is 11.9 Å². The van der Waals surface area contributed by atoms with Crippen LogP contribution < -0.4 is 5.32 Å². The zero-order chi connectivity index (χ0) is 11.4. The van der Waals surface area contributed by atoms with Crippen molar-refractivity contribution >= 4 is 12.4 Å². The maximum Gasteiger partial charge on any atom is 0.407 e. The van der Waals surface area contributed by atoms with E-state index in [0.717, 1.165) is 0 Å². The molecule has 4 nitrogen and oxygen atoms in total. The molecule has 0 aromatic heterocycles. The Hall–Kier alpha value is -1.06. The van der Waals surface area contributed by atoms with Crippen LogP contribution >= 0.6 is 0 Å². The summed E-state index contributed by atoms with van der Waals surface area (Å²) in [6.45, 7) is 6.81. The SMILES string of the molecule is [2H][C@H](C=O)[C@@H](C)NC(=O)OC(C)(C)C. The molecule has 0 fully saturated rings. The van der Waals surface area contributed by atoms with Crippen molar-refractivity contribution in [3.8, 4) is 0 Å². The van der Waals surface area contributed by atoms with Gasteiger partial charge < -0.3 is 14.8 Å². The Morgan fingerprint density at radius 1 is 1.69 bits per heavy atom. The predicted molar refractivity (Wildman–Crippen MR) is 49.5 cm³/mol. The number of nitrogens with one attached hydrogen (secondary N) is 1. The van der Waals surface area contributed by atoms with Gasteiger partial charge in [-0.15, -0.1) is 0 Å². The van der Waals surface area contributed by atoms with Crippen molar-refractivity contribution < 1.29 is 15.7 Å². The van der Waals surface area contributed by atoms with Crippen molar-refractivity contribution in [1.82, 2.24) is 5.32 Å². The van der Waals surface area contributed by atoms with Gasteiger partial charge in [-0.1, -0.05) is 0 Å². The largest absolute Gasteiger partial charge is 0.444 e.